The fourth-order valence-corrected chi connectivity index (χ4v) is 1.97. The highest BCUT2D eigenvalue weighted by Crippen LogP contribution is 2.25. The molecule has 0 radical (unpaired) electrons. The van der Waals surface area contributed by atoms with Crippen molar-refractivity contribution in [3.63, 3.8) is 0 Å². The molecule has 0 amide bonds. The Morgan fingerprint density at radius 3 is 2.79 bits per heavy atom. The van der Waals surface area contributed by atoms with Crippen LogP contribution in [0.4, 0.5) is 4.39 Å². The van der Waals surface area contributed by atoms with E-state index in [0.717, 1.165) is 5.01 Å². The van der Waals surface area contributed by atoms with E-state index in [0.29, 0.717) is 17.5 Å². The summed E-state index contributed by atoms with van der Waals surface area (Å²) in [5, 5.41) is 12.5. The molecule has 1 aromatic carbocycles. The summed E-state index contributed by atoms with van der Waals surface area (Å²) in [5.41, 5.74) is 0.0231. The summed E-state index contributed by atoms with van der Waals surface area (Å²) >= 11 is 1.34. The number of nitrogens with one attached hydrogen (secondary N) is 1. The molecule has 19 heavy (non-hydrogen) atoms. The molecule has 0 unspecified atom stereocenters. The SMILES string of the molecule is CC(C)(C)NCc1nnc(Oc2cccc(F)c2)s1. The maximum Gasteiger partial charge on any atom is 0.299 e. The van der Waals surface area contributed by atoms with Gasteiger partial charge in [0.15, 0.2) is 0 Å². The minimum Gasteiger partial charge on any atom is -0.430 e. The first-order chi connectivity index (χ1) is 8.92. The molecule has 0 aliphatic rings. The van der Waals surface area contributed by atoms with E-state index in [1.165, 1.54) is 23.5 Å². The zero-order chi connectivity index (χ0) is 13.9. The summed E-state index contributed by atoms with van der Waals surface area (Å²) in [7, 11) is 0. The average Bonchev–Trinajstić information content (AvgIpc) is 2.73. The maximum atomic E-state index is 13.0. The van der Waals surface area contributed by atoms with Gasteiger partial charge in [-0.25, -0.2) is 4.39 Å². The van der Waals surface area contributed by atoms with Crippen LogP contribution < -0.4 is 10.1 Å². The molecular formula is C13H16FN3OS. The number of hydrogen-bond donors (Lipinski definition) is 1. The molecule has 0 saturated carbocycles. The van der Waals surface area contributed by atoms with Gasteiger partial charge in [0.25, 0.3) is 5.19 Å². The van der Waals surface area contributed by atoms with E-state index in [2.05, 4.69) is 36.3 Å². The molecule has 0 atom stereocenters. The van der Waals surface area contributed by atoms with Gasteiger partial charge in [-0.3, -0.25) is 0 Å². The van der Waals surface area contributed by atoms with E-state index in [4.69, 9.17) is 4.74 Å². The third-order valence-corrected chi connectivity index (χ3v) is 3.02. The Bertz CT molecular complexity index is 551. The highest BCUT2D eigenvalue weighted by Gasteiger charge is 2.12. The summed E-state index contributed by atoms with van der Waals surface area (Å²) in [5.74, 6) is 0.0862. The molecule has 0 saturated heterocycles. The van der Waals surface area contributed by atoms with Gasteiger partial charge in [-0.2, -0.15) is 0 Å². The lowest BCUT2D eigenvalue weighted by atomic mass is 10.1. The third-order valence-electron chi connectivity index (χ3n) is 2.22. The summed E-state index contributed by atoms with van der Waals surface area (Å²) in [4.78, 5) is 0. The number of nitrogens with zero attached hydrogens (tertiary/aromatic N) is 2. The standard InChI is InChI=1S/C13H16FN3OS/c1-13(2,3)15-8-11-16-17-12(19-11)18-10-6-4-5-9(14)7-10/h4-7,15H,8H2,1-3H3. The van der Waals surface area contributed by atoms with Crippen LogP contribution in [0, 0.1) is 5.82 Å². The van der Waals surface area contributed by atoms with Crippen LogP contribution in [0.15, 0.2) is 24.3 Å². The van der Waals surface area contributed by atoms with E-state index in [-0.39, 0.29) is 11.4 Å². The number of aromatic nitrogens is 2. The normalized spacial score (nSPS) is 11.6. The van der Waals surface area contributed by atoms with Crippen LogP contribution in [0.1, 0.15) is 25.8 Å². The molecule has 0 fully saturated rings. The van der Waals surface area contributed by atoms with Crippen molar-refractivity contribution in [1.29, 1.82) is 0 Å². The summed E-state index contributed by atoms with van der Waals surface area (Å²) in [6.07, 6.45) is 0. The molecule has 1 heterocycles. The molecule has 4 nitrogen and oxygen atoms in total. The van der Waals surface area contributed by atoms with Crippen LogP contribution in [0.2, 0.25) is 0 Å². The van der Waals surface area contributed by atoms with Gasteiger partial charge in [0.05, 0.1) is 6.54 Å². The average molecular weight is 281 g/mol. The van der Waals surface area contributed by atoms with Gasteiger partial charge >= 0.3 is 0 Å². The van der Waals surface area contributed by atoms with Crippen molar-refractivity contribution in [2.75, 3.05) is 0 Å². The second-order valence-electron chi connectivity index (χ2n) is 5.12. The van der Waals surface area contributed by atoms with Crippen LogP contribution in [0.25, 0.3) is 0 Å². The molecular weight excluding hydrogens is 265 g/mol. The van der Waals surface area contributed by atoms with E-state index in [1.807, 2.05) is 0 Å². The first kappa shape index (κ1) is 13.9. The summed E-state index contributed by atoms with van der Waals surface area (Å²) in [6, 6.07) is 5.95. The smallest absolute Gasteiger partial charge is 0.299 e. The van der Waals surface area contributed by atoms with Crippen LogP contribution in [0.3, 0.4) is 0 Å². The van der Waals surface area contributed by atoms with Crippen LogP contribution in [0.5, 0.6) is 10.9 Å². The number of hydrogen-bond acceptors (Lipinski definition) is 5. The van der Waals surface area contributed by atoms with E-state index >= 15 is 0 Å². The van der Waals surface area contributed by atoms with E-state index in [1.54, 1.807) is 12.1 Å². The molecule has 1 aromatic heterocycles. The predicted octanol–water partition coefficient (Wildman–Crippen LogP) is 3.36. The zero-order valence-electron chi connectivity index (χ0n) is 11.1. The number of rotatable bonds is 4. The first-order valence-electron chi connectivity index (χ1n) is 5.93. The Balaban J connectivity index is 1.97. The zero-order valence-corrected chi connectivity index (χ0v) is 11.9. The van der Waals surface area contributed by atoms with Crippen molar-refractivity contribution in [3.8, 4) is 10.9 Å². The Hall–Kier alpha value is -1.53. The lowest BCUT2D eigenvalue weighted by Gasteiger charge is -2.19. The number of halogens is 1. The van der Waals surface area contributed by atoms with Gasteiger partial charge in [-0.15, -0.1) is 5.10 Å². The van der Waals surface area contributed by atoms with Crippen molar-refractivity contribution in [2.24, 2.45) is 0 Å². The van der Waals surface area contributed by atoms with Crippen LogP contribution in [-0.2, 0) is 6.54 Å². The molecule has 102 valence electrons. The quantitative estimate of drug-likeness (QED) is 0.933. The largest absolute Gasteiger partial charge is 0.430 e. The minimum atomic E-state index is -0.336. The van der Waals surface area contributed by atoms with Crippen molar-refractivity contribution in [1.82, 2.24) is 15.5 Å². The number of benzene rings is 1. The maximum absolute atomic E-state index is 13.0. The minimum absolute atomic E-state index is 0.0231. The Labute approximate surface area is 115 Å². The molecule has 0 aliphatic carbocycles. The van der Waals surface area contributed by atoms with Gasteiger partial charge in [-0.1, -0.05) is 22.5 Å². The predicted molar refractivity (Wildman–Crippen MR) is 73.0 cm³/mol. The lowest BCUT2D eigenvalue weighted by molar-refractivity contribution is 0.423. The molecule has 0 spiro atoms. The first-order valence-corrected chi connectivity index (χ1v) is 6.75. The summed E-state index contributed by atoms with van der Waals surface area (Å²) in [6.45, 7) is 6.88. The van der Waals surface area contributed by atoms with Crippen molar-refractivity contribution in [2.45, 2.75) is 32.9 Å². The van der Waals surface area contributed by atoms with Crippen LogP contribution in [-0.4, -0.2) is 15.7 Å². The second kappa shape index (κ2) is 5.63. The fourth-order valence-electron chi connectivity index (χ4n) is 1.32. The molecule has 0 aliphatic heterocycles. The number of ether oxygens (including phenoxy) is 1. The van der Waals surface area contributed by atoms with Gasteiger partial charge in [0, 0.05) is 11.6 Å². The summed E-state index contributed by atoms with van der Waals surface area (Å²) < 4.78 is 18.5. The monoisotopic (exact) mass is 281 g/mol. The van der Waals surface area contributed by atoms with E-state index in [9.17, 15) is 4.39 Å². The Morgan fingerprint density at radius 2 is 2.11 bits per heavy atom. The van der Waals surface area contributed by atoms with Crippen molar-refractivity contribution in [3.05, 3.63) is 35.1 Å². The molecule has 2 rings (SSSR count). The molecule has 0 bridgehead atoms. The molecule has 6 heteroatoms. The molecule has 2 aromatic rings. The fraction of sp³-hybridized carbons (Fsp3) is 0.385. The van der Waals surface area contributed by atoms with Gasteiger partial charge in [0.1, 0.15) is 16.6 Å². The topological polar surface area (TPSA) is 47.0 Å². The Kier molecular flexibility index (Phi) is 4.11. The highest BCUT2D eigenvalue weighted by atomic mass is 32.1. The van der Waals surface area contributed by atoms with Gasteiger partial charge in [0.2, 0.25) is 0 Å². The third kappa shape index (κ3) is 4.57. The lowest BCUT2D eigenvalue weighted by Crippen LogP contribution is -2.35. The second-order valence-corrected chi connectivity index (χ2v) is 6.15. The molecule has 1 N–H and O–H groups in total. The van der Waals surface area contributed by atoms with E-state index < -0.39 is 0 Å². The Morgan fingerprint density at radius 1 is 1.32 bits per heavy atom. The van der Waals surface area contributed by atoms with Crippen LogP contribution >= 0.6 is 11.3 Å². The van der Waals surface area contributed by atoms with Gasteiger partial charge in [-0.05, 0) is 32.9 Å². The van der Waals surface area contributed by atoms with Crippen molar-refractivity contribution < 1.29 is 9.13 Å². The van der Waals surface area contributed by atoms with Gasteiger partial charge < -0.3 is 10.1 Å². The highest BCUT2D eigenvalue weighted by molar-refractivity contribution is 7.13. The van der Waals surface area contributed by atoms with Crippen molar-refractivity contribution >= 4 is 11.3 Å².